The first-order valence-corrected chi connectivity index (χ1v) is 4.01. The minimum Gasteiger partial charge on any atom is -0.401 e. The van der Waals surface area contributed by atoms with Crippen LogP contribution in [-0.2, 0) is 0 Å². The minimum absolute atomic E-state index is 0.128. The Morgan fingerprint density at radius 1 is 1.38 bits per heavy atom. The van der Waals surface area contributed by atoms with E-state index in [4.69, 9.17) is 5.73 Å². The SMILES string of the molecule is Cc1cnc(C(F)F)c(OC(F)(F)F)c1N. The van der Waals surface area contributed by atoms with Gasteiger partial charge >= 0.3 is 6.36 Å². The minimum atomic E-state index is -5.09. The second kappa shape index (κ2) is 4.11. The molecular formula is C8H7F5N2O. The van der Waals surface area contributed by atoms with Crippen molar-refractivity contribution in [1.29, 1.82) is 0 Å². The van der Waals surface area contributed by atoms with Gasteiger partial charge in [0.05, 0.1) is 5.69 Å². The molecule has 0 atom stereocenters. The van der Waals surface area contributed by atoms with Gasteiger partial charge in [0.15, 0.2) is 11.4 Å². The van der Waals surface area contributed by atoms with Crippen molar-refractivity contribution in [2.45, 2.75) is 19.7 Å². The molecule has 0 aromatic carbocycles. The van der Waals surface area contributed by atoms with Crippen LogP contribution in [0.3, 0.4) is 0 Å². The number of rotatable bonds is 2. The normalized spacial score (nSPS) is 11.9. The number of hydrogen-bond acceptors (Lipinski definition) is 3. The highest BCUT2D eigenvalue weighted by Gasteiger charge is 2.35. The Morgan fingerprint density at radius 3 is 2.38 bits per heavy atom. The summed E-state index contributed by atoms with van der Waals surface area (Å²) >= 11 is 0. The van der Waals surface area contributed by atoms with Crippen LogP contribution in [0.2, 0.25) is 0 Å². The average Bonchev–Trinajstić information content (AvgIpc) is 2.10. The maximum atomic E-state index is 12.3. The molecule has 3 nitrogen and oxygen atoms in total. The Bertz CT molecular complexity index is 391. The predicted octanol–water partition coefficient (Wildman–Crippen LogP) is 2.81. The van der Waals surface area contributed by atoms with Crippen molar-refractivity contribution < 1.29 is 26.7 Å². The Morgan fingerprint density at radius 2 is 1.94 bits per heavy atom. The number of nitrogen functional groups attached to an aromatic ring is 1. The molecule has 0 amide bonds. The van der Waals surface area contributed by atoms with Gasteiger partial charge in [-0.3, -0.25) is 4.98 Å². The van der Waals surface area contributed by atoms with Crippen molar-refractivity contribution in [2.75, 3.05) is 5.73 Å². The Kier molecular flexibility index (Phi) is 3.20. The molecule has 8 heteroatoms. The van der Waals surface area contributed by atoms with Crippen LogP contribution in [-0.4, -0.2) is 11.3 Å². The van der Waals surface area contributed by atoms with Crippen molar-refractivity contribution in [1.82, 2.24) is 4.98 Å². The molecule has 0 unspecified atom stereocenters. The molecule has 0 saturated heterocycles. The molecule has 90 valence electrons. The van der Waals surface area contributed by atoms with E-state index in [1.54, 1.807) is 0 Å². The molecule has 0 aliphatic rings. The summed E-state index contributed by atoms with van der Waals surface area (Å²) in [5, 5.41) is 0. The lowest BCUT2D eigenvalue weighted by atomic mass is 10.2. The number of nitrogens with zero attached hydrogens (tertiary/aromatic N) is 1. The molecule has 0 fully saturated rings. The maximum Gasteiger partial charge on any atom is 0.573 e. The van der Waals surface area contributed by atoms with Gasteiger partial charge in [0.25, 0.3) is 6.43 Å². The lowest BCUT2D eigenvalue weighted by molar-refractivity contribution is -0.275. The van der Waals surface area contributed by atoms with E-state index in [2.05, 4.69) is 9.72 Å². The van der Waals surface area contributed by atoms with E-state index in [1.165, 1.54) is 6.92 Å². The number of aromatic nitrogens is 1. The smallest absolute Gasteiger partial charge is 0.401 e. The highest BCUT2D eigenvalue weighted by molar-refractivity contribution is 5.59. The number of ether oxygens (including phenoxy) is 1. The summed E-state index contributed by atoms with van der Waals surface area (Å²) in [6, 6.07) is 0. The van der Waals surface area contributed by atoms with E-state index in [1.807, 2.05) is 0 Å². The van der Waals surface area contributed by atoms with Crippen LogP contribution < -0.4 is 10.5 Å². The second-order valence-electron chi connectivity index (χ2n) is 2.92. The average molecular weight is 242 g/mol. The van der Waals surface area contributed by atoms with E-state index in [9.17, 15) is 22.0 Å². The van der Waals surface area contributed by atoms with E-state index >= 15 is 0 Å². The third kappa shape index (κ3) is 2.71. The number of pyridine rings is 1. The van der Waals surface area contributed by atoms with Crippen molar-refractivity contribution in [3.63, 3.8) is 0 Å². The number of halogens is 5. The van der Waals surface area contributed by atoms with Gasteiger partial charge in [-0.1, -0.05) is 0 Å². The Hall–Kier alpha value is -1.60. The topological polar surface area (TPSA) is 48.1 Å². The lowest BCUT2D eigenvalue weighted by Gasteiger charge is -2.15. The van der Waals surface area contributed by atoms with Crippen molar-refractivity contribution in [2.24, 2.45) is 0 Å². The predicted molar refractivity (Wildman–Crippen MR) is 45.0 cm³/mol. The van der Waals surface area contributed by atoms with Gasteiger partial charge < -0.3 is 10.5 Å². The van der Waals surface area contributed by atoms with Gasteiger partial charge in [-0.25, -0.2) is 8.78 Å². The van der Waals surface area contributed by atoms with Crippen LogP contribution in [0.15, 0.2) is 6.20 Å². The first-order valence-electron chi connectivity index (χ1n) is 4.01. The summed E-state index contributed by atoms with van der Waals surface area (Å²) < 4.78 is 64.0. The summed E-state index contributed by atoms with van der Waals surface area (Å²) in [6.07, 6.45) is -7.33. The number of alkyl halides is 5. The number of hydrogen-bond donors (Lipinski definition) is 1. The second-order valence-corrected chi connectivity index (χ2v) is 2.92. The first-order chi connectivity index (χ1) is 7.22. The fraction of sp³-hybridized carbons (Fsp3) is 0.375. The van der Waals surface area contributed by atoms with Gasteiger partial charge in [0, 0.05) is 6.20 Å². The Labute approximate surface area is 87.0 Å². The molecule has 1 rings (SSSR count). The van der Waals surface area contributed by atoms with Crippen LogP contribution >= 0.6 is 0 Å². The molecule has 0 bridgehead atoms. The molecule has 1 aromatic rings. The molecule has 1 aromatic heterocycles. The molecular weight excluding hydrogens is 235 g/mol. The van der Waals surface area contributed by atoms with Crippen LogP contribution in [0.5, 0.6) is 5.75 Å². The van der Waals surface area contributed by atoms with Crippen LogP contribution in [0.25, 0.3) is 0 Å². The highest BCUT2D eigenvalue weighted by Crippen LogP contribution is 2.37. The highest BCUT2D eigenvalue weighted by atomic mass is 19.4. The molecule has 16 heavy (non-hydrogen) atoms. The zero-order valence-corrected chi connectivity index (χ0v) is 7.98. The number of anilines is 1. The number of nitrogens with two attached hydrogens (primary N) is 1. The van der Waals surface area contributed by atoms with Crippen LogP contribution in [0, 0.1) is 6.92 Å². The fourth-order valence-electron chi connectivity index (χ4n) is 0.990. The summed E-state index contributed by atoms with van der Waals surface area (Å²) in [4.78, 5) is 3.17. The maximum absolute atomic E-state index is 12.3. The molecule has 1 heterocycles. The molecule has 0 spiro atoms. The fourth-order valence-corrected chi connectivity index (χ4v) is 0.990. The molecule has 0 aliphatic heterocycles. The van der Waals surface area contributed by atoms with E-state index < -0.39 is 29.9 Å². The van der Waals surface area contributed by atoms with Crippen molar-refractivity contribution >= 4 is 5.69 Å². The zero-order chi connectivity index (χ0) is 12.5. The Balaban J connectivity index is 3.26. The zero-order valence-electron chi connectivity index (χ0n) is 7.98. The van der Waals surface area contributed by atoms with Gasteiger partial charge in [-0.15, -0.1) is 13.2 Å². The molecule has 0 saturated carbocycles. The van der Waals surface area contributed by atoms with E-state index in [0.717, 1.165) is 6.20 Å². The van der Waals surface area contributed by atoms with E-state index in [-0.39, 0.29) is 5.56 Å². The van der Waals surface area contributed by atoms with Gasteiger partial charge in [-0.2, -0.15) is 0 Å². The summed E-state index contributed by atoms with van der Waals surface area (Å²) in [5.41, 5.74) is 3.74. The molecule has 0 radical (unpaired) electrons. The van der Waals surface area contributed by atoms with Gasteiger partial charge in [0.1, 0.15) is 0 Å². The van der Waals surface area contributed by atoms with Crippen molar-refractivity contribution in [3.8, 4) is 5.75 Å². The van der Waals surface area contributed by atoms with Crippen LogP contribution in [0.4, 0.5) is 27.6 Å². The van der Waals surface area contributed by atoms with Gasteiger partial charge in [-0.05, 0) is 12.5 Å². The third-order valence-corrected chi connectivity index (χ3v) is 1.72. The van der Waals surface area contributed by atoms with Crippen molar-refractivity contribution in [3.05, 3.63) is 17.5 Å². The van der Waals surface area contributed by atoms with Gasteiger partial charge in [0.2, 0.25) is 0 Å². The lowest BCUT2D eigenvalue weighted by Crippen LogP contribution is -2.20. The summed E-state index contributed by atoms with van der Waals surface area (Å²) in [6.45, 7) is 1.33. The number of aryl methyl sites for hydroxylation is 1. The summed E-state index contributed by atoms with van der Waals surface area (Å²) in [5.74, 6) is -1.14. The standard InChI is InChI=1S/C8H7F5N2O/c1-3-2-15-5(7(9)10)6(4(3)14)16-8(11,12)13/h2,7H,1H3,(H2,14,15). The molecule has 0 aliphatic carbocycles. The molecule has 2 N–H and O–H groups in total. The van der Waals surface area contributed by atoms with Crippen LogP contribution in [0.1, 0.15) is 17.7 Å². The summed E-state index contributed by atoms with van der Waals surface area (Å²) in [7, 11) is 0. The monoisotopic (exact) mass is 242 g/mol. The van der Waals surface area contributed by atoms with E-state index in [0.29, 0.717) is 0 Å². The largest absolute Gasteiger partial charge is 0.573 e. The first kappa shape index (κ1) is 12.5. The third-order valence-electron chi connectivity index (χ3n) is 1.72. The quantitative estimate of drug-likeness (QED) is 0.811.